The van der Waals surface area contributed by atoms with Gasteiger partial charge < -0.3 is 10.6 Å². The molecule has 1 atom stereocenters. The molecule has 0 aliphatic carbocycles. The van der Waals surface area contributed by atoms with Crippen LogP contribution in [0.2, 0.25) is 0 Å². The Balaban J connectivity index is 1.60. The van der Waals surface area contributed by atoms with E-state index in [0.717, 1.165) is 16.8 Å². The molecule has 5 nitrogen and oxygen atoms in total. The smallest absolute Gasteiger partial charge is 0.247 e. The highest BCUT2D eigenvalue weighted by Gasteiger charge is 2.28. The molecule has 0 radical (unpaired) electrons. The highest BCUT2D eigenvalue weighted by atomic mass is 16.2. The summed E-state index contributed by atoms with van der Waals surface area (Å²) in [4.78, 5) is 31.0. The zero-order valence-corrected chi connectivity index (χ0v) is 18.1. The third kappa shape index (κ3) is 5.71. The molecule has 2 N–H and O–H groups in total. The lowest BCUT2D eigenvalue weighted by molar-refractivity contribution is -0.129. The summed E-state index contributed by atoms with van der Waals surface area (Å²) in [5.74, 6) is -1.07. The summed E-state index contributed by atoms with van der Waals surface area (Å²) in [6, 6.07) is 33.1. The van der Waals surface area contributed by atoms with Crippen LogP contribution in [-0.4, -0.2) is 16.8 Å². The molecule has 4 rings (SSSR count). The Morgan fingerprint density at radius 1 is 0.636 bits per heavy atom. The first-order valence-corrected chi connectivity index (χ1v) is 10.8. The molecule has 3 aromatic carbocycles. The number of aromatic nitrogens is 1. The number of hydrogen-bond donors (Lipinski definition) is 2. The monoisotopic (exact) mass is 435 g/mol. The predicted molar refractivity (Wildman–Crippen MR) is 128 cm³/mol. The molecular formula is C28H25N3O2. The second-order valence-corrected chi connectivity index (χ2v) is 7.65. The van der Waals surface area contributed by atoms with Crippen LogP contribution in [0.3, 0.4) is 0 Å². The van der Waals surface area contributed by atoms with Gasteiger partial charge in [0.25, 0.3) is 0 Å². The Kier molecular flexibility index (Phi) is 7.23. The first-order valence-electron chi connectivity index (χ1n) is 10.8. The normalized spacial score (nSPS) is 11.5. The largest absolute Gasteiger partial charge is 0.348 e. The first-order chi connectivity index (χ1) is 16.2. The first kappa shape index (κ1) is 22.0. The van der Waals surface area contributed by atoms with E-state index >= 15 is 0 Å². The molecule has 0 spiro atoms. The summed E-state index contributed by atoms with van der Waals surface area (Å²) in [7, 11) is 0. The minimum Gasteiger partial charge on any atom is -0.348 e. The Morgan fingerprint density at radius 2 is 1.15 bits per heavy atom. The van der Waals surface area contributed by atoms with Crippen molar-refractivity contribution in [2.75, 3.05) is 0 Å². The summed E-state index contributed by atoms with van der Waals surface area (Å²) >= 11 is 0. The van der Waals surface area contributed by atoms with Crippen molar-refractivity contribution in [2.45, 2.75) is 18.5 Å². The Labute approximate surface area is 193 Å². The summed E-state index contributed by atoms with van der Waals surface area (Å²) in [6.45, 7) is 0.277. The number of hydrogen-bond acceptors (Lipinski definition) is 3. The molecule has 1 unspecified atom stereocenters. The van der Waals surface area contributed by atoms with Gasteiger partial charge in [0.1, 0.15) is 6.04 Å². The van der Waals surface area contributed by atoms with Gasteiger partial charge in [-0.1, -0.05) is 97.1 Å². The van der Waals surface area contributed by atoms with Crippen molar-refractivity contribution in [1.29, 1.82) is 0 Å². The van der Waals surface area contributed by atoms with Gasteiger partial charge in [-0.15, -0.1) is 0 Å². The molecule has 164 valence electrons. The minimum absolute atomic E-state index is 0.241. The van der Waals surface area contributed by atoms with E-state index in [2.05, 4.69) is 15.6 Å². The number of benzene rings is 3. The van der Waals surface area contributed by atoms with Crippen LogP contribution >= 0.6 is 0 Å². The number of carbonyl (C=O) groups excluding carboxylic acids is 2. The zero-order chi connectivity index (χ0) is 22.9. The number of rotatable bonds is 8. The number of nitrogens with one attached hydrogen (secondary N) is 2. The summed E-state index contributed by atoms with van der Waals surface area (Å²) in [5, 5.41) is 5.90. The molecule has 4 aromatic rings. The van der Waals surface area contributed by atoms with Crippen LogP contribution in [0.25, 0.3) is 0 Å². The van der Waals surface area contributed by atoms with Crippen molar-refractivity contribution in [3.8, 4) is 0 Å². The van der Waals surface area contributed by atoms with E-state index in [1.165, 1.54) is 0 Å². The fourth-order valence-electron chi connectivity index (χ4n) is 3.74. The lowest BCUT2D eigenvalue weighted by atomic mass is 9.90. The van der Waals surface area contributed by atoms with Crippen molar-refractivity contribution < 1.29 is 9.59 Å². The van der Waals surface area contributed by atoms with Crippen molar-refractivity contribution in [3.05, 3.63) is 138 Å². The second kappa shape index (κ2) is 10.9. The van der Waals surface area contributed by atoms with Gasteiger partial charge in [-0.25, -0.2) is 0 Å². The molecule has 0 aliphatic heterocycles. The molecule has 0 bridgehead atoms. The lowest BCUT2D eigenvalue weighted by Gasteiger charge is -2.23. The highest BCUT2D eigenvalue weighted by Crippen LogP contribution is 2.26. The van der Waals surface area contributed by atoms with Crippen molar-refractivity contribution in [2.24, 2.45) is 0 Å². The van der Waals surface area contributed by atoms with E-state index in [9.17, 15) is 9.59 Å². The molecule has 0 saturated carbocycles. The Morgan fingerprint density at radius 3 is 1.67 bits per heavy atom. The van der Waals surface area contributed by atoms with Crippen LogP contribution in [-0.2, 0) is 16.1 Å². The van der Waals surface area contributed by atoms with Gasteiger partial charge in [-0.3, -0.25) is 14.6 Å². The fraction of sp³-hybridized carbons (Fsp3) is 0.107. The third-order valence-corrected chi connectivity index (χ3v) is 5.38. The highest BCUT2D eigenvalue weighted by molar-refractivity contribution is 5.93. The van der Waals surface area contributed by atoms with Gasteiger partial charge in [0.2, 0.25) is 11.8 Å². The predicted octanol–water partition coefficient (Wildman–Crippen LogP) is 4.39. The summed E-state index contributed by atoms with van der Waals surface area (Å²) in [6.07, 6.45) is 1.68. The maximum absolute atomic E-state index is 13.6. The zero-order valence-electron chi connectivity index (χ0n) is 18.1. The van der Waals surface area contributed by atoms with Gasteiger partial charge in [0, 0.05) is 6.20 Å². The van der Waals surface area contributed by atoms with E-state index in [4.69, 9.17) is 0 Å². The van der Waals surface area contributed by atoms with Crippen LogP contribution in [0.4, 0.5) is 0 Å². The quantitative estimate of drug-likeness (QED) is 0.431. The number of nitrogens with zero attached hydrogens (tertiary/aromatic N) is 1. The Hall–Kier alpha value is -4.25. The molecule has 1 aromatic heterocycles. The summed E-state index contributed by atoms with van der Waals surface area (Å²) < 4.78 is 0. The van der Waals surface area contributed by atoms with Gasteiger partial charge in [-0.2, -0.15) is 0 Å². The van der Waals surface area contributed by atoms with Crippen molar-refractivity contribution in [1.82, 2.24) is 15.6 Å². The van der Waals surface area contributed by atoms with E-state index < -0.39 is 12.0 Å². The van der Waals surface area contributed by atoms with Gasteiger partial charge in [0.15, 0.2) is 0 Å². The van der Waals surface area contributed by atoms with Crippen LogP contribution in [0, 0.1) is 0 Å². The average Bonchev–Trinajstić information content (AvgIpc) is 2.88. The standard InChI is InChI=1S/C28H25N3O2/c32-27(25(21-12-4-1-5-13-21)22-14-6-2-7-15-22)31-26(23-16-8-3-9-17-23)28(33)30-20-24-18-10-11-19-29-24/h1-19,25-26H,20H2,(H,30,33)(H,31,32). The molecular weight excluding hydrogens is 410 g/mol. The molecule has 2 amide bonds. The maximum Gasteiger partial charge on any atom is 0.247 e. The number of amides is 2. The van der Waals surface area contributed by atoms with E-state index in [-0.39, 0.29) is 18.4 Å². The fourth-order valence-corrected chi connectivity index (χ4v) is 3.74. The minimum atomic E-state index is -0.836. The molecule has 33 heavy (non-hydrogen) atoms. The number of pyridine rings is 1. The molecule has 5 heteroatoms. The van der Waals surface area contributed by atoms with Crippen LogP contribution in [0.1, 0.15) is 34.3 Å². The maximum atomic E-state index is 13.6. The van der Waals surface area contributed by atoms with Crippen LogP contribution in [0.5, 0.6) is 0 Å². The SMILES string of the molecule is O=C(NCc1ccccn1)C(NC(=O)C(c1ccccc1)c1ccccc1)c1ccccc1. The van der Waals surface area contributed by atoms with Crippen molar-refractivity contribution >= 4 is 11.8 Å². The van der Waals surface area contributed by atoms with Crippen LogP contribution < -0.4 is 10.6 Å². The number of carbonyl (C=O) groups is 2. The average molecular weight is 436 g/mol. The van der Waals surface area contributed by atoms with Crippen molar-refractivity contribution in [3.63, 3.8) is 0 Å². The van der Waals surface area contributed by atoms with E-state index in [0.29, 0.717) is 5.56 Å². The van der Waals surface area contributed by atoms with Gasteiger partial charge >= 0.3 is 0 Å². The van der Waals surface area contributed by atoms with E-state index in [1.807, 2.05) is 109 Å². The Bertz CT molecular complexity index is 1130. The van der Waals surface area contributed by atoms with Gasteiger partial charge in [-0.05, 0) is 28.8 Å². The van der Waals surface area contributed by atoms with Crippen LogP contribution in [0.15, 0.2) is 115 Å². The van der Waals surface area contributed by atoms with E-state index in [1.54, 1.807) is 6.20 Å². The summed E-state index contributed by atoms with van der Waals surface area (Å²) in [5.41, 5.74) is 3.18. The third-order valence-electron chi connectivity index (χ3n) is 5.38. The molecule has 0 aliphatic rings. The second-order valence-electron chi connectivity index (χ2n) is 7.65. The molecule has 0 saturated heterocycles. The topological polar surface area (TPSA) is 71.1 Å². The van der Waals surface area contributed by atoms with Gasteiger partial charge in [0.05, 0.1) is 18.2 Å². The molecule has 1 heterocycles. The lowest BCUT2D eigenvalue weighted by Crippen LogP contribution is -2.42. The molecule has 0 fully saturated rings.